The van der Waals surface area contributed by atoms with Gasteiger partial charge >= 0.3 is 0 Å². The Morgan fingerprint density at radius 1 is 1.38 bits per heavy atom. The minimum absolute atomic E-state index is 0.261. The molecule has 96 valence electrons. The Balaban J connectivity index is 2.52. The maximum absolute atomic E-state index is 10.2. The first-order valence-corrected chi connectivity index (χ1v) is 9.33. The molecule has 0 heterocycles. The van der Waals surface area contributed by atoms with Crippen LogP contribution >= 0.6 is 0 Å². The van der Waals surface area contributed by atoms with E-state index < -0.39 is 13.9 Å². The number of aliphatic hydroxyl groups is 1. The molecule has 3 heteroatoms. The smallest absolute Gasteiger partial charge is 0.191 e. The van der Waals surface area contributed by atoms with E-state index in [2.05, 4.69) is 33.9 Å². The SMILES string of the molecule is CC(C)(C)[Si](C)(C)OCC1CCC[C@]1(C)O. The summed E-state index contributed by atoms with van der Waals surface area (Å²) in [5.74, 6) is 0.335. The number of hydrogen-bond acceptors (Lipinski definition) is 2. The topological polar surface area (TPSA) is 29.5 Å². The fraction of sp³-hybridized carbons (Fsp3) is 1.00. The molecule has 1 fully saturated rings. The molecule has 0 aliphatic heterocycles. The second-order valence-corrected chi connectivity index (χ2v) is 11.8. The van der Waals surface area contributed by atoms with Crippen molar-refractivity contribution in [1.29, 1.82) is 0 Å². The summed E-state index contributed by atoms with van der Waals surface area (Å²) in [5, 5.41) is 10.5. The van der Waals surface area contributed by atoms with Gasteiger partial charge in [0.05, 0.1) is 5.60 Å². The highest BCUT2D eigenvalue weighted by atomic mass is 28.4. The van der Waals surface area contributed by atoms with Crippen LogP contribution in [0, 0.1) is 5.92 Å². The Morgan fingerprint density at radius 2 is 1.94 bits per heavy atom. The highest BCUT2D eigenvalue weighted by Crippen LogP contribution is 2.40. The first kappa shape index (κ1) is 14.2. The summed E-state index contributed by atoms with van der Waals surface area (Å²) in [5.41, 5.74) is -0.498. The summed E-state index contributed by atoms with van der Waals surface area (Å²) in [6.45, 7) is 14.0. The van der Waals surface area contributed by atoms with Crippen molar-refractivity contribution in [3.05, 3.63) is 0 Å². The quantitative estimate of drug-likeness (QED) is 0.769. The van der Waals surface area contributed by atoms with Crippen molar-refractivity contribution in [2.45, 2.75) is 70.7 Å². The van der Waals surface area contributed by atoms with E-state index in [1.54, 1.807) is 0 Å². The molecule has 1 rings (SSSR count). The lowest BCUT2D eigenvalue weighted by Crippen LogP contribution is -2.44. The van der Waals surface area contributed by atoms with E-state index in [1.807, 2.05) is 6.92 Å². The summed E-state index contributed by atoms with van der Waals surface area (Å²) < 4.78 is 6.19. The normalized spacial score (nSPS) is 32.1. The zero-order valence-electron chi connectivity index (χ0n) is 11.8. The van der Waals surface area contributed by atoms with Crippen LogP contribution in [0.4, 0.5) is 0 Å². The van der Waals surface area contributed by atoms with Gasteiger partial charge in [-0.05, 0) is 37.9 Å². The van der Waals surface area contributed by atoms with Gasteiger partial charge in [-0.25, -0.2) is 0 Å². The van der Waals surface area contributed by atoms with Crippen LogP contribution in [0.2, 0.25) is 18.1 Å². The van der Waals surface area contributed by atoms with E-state index in [0.29, 0.717) is 5.92 Å². The number of hydrogen-bond donors (Lipinski definition) is 1. The minimum Gasteiger partial charge on any atom is -0.416 e. The van der Waals surface area contributed by atoms with Gasteiger partial charge in [0.1, 0.15) is 0 Å². The van der Waals surface area contributed by atoms with Gasteiger partial charge in [0.25, 0.3) is 0 Å². The molecular formula is C13H28O2Si. The molecule has 0 aromatic heterocycles. The molecule has 1 aliphatic carbocycles. The molecule has 16 heavy (non-hydrogen) atoms. The van der Waals surface area contributed by atoms with Crippen molar-refractivity contribution in [3.63, 3.8) is 0 Å². The molecule has 0 radical (unpaired) electrons. The Morgan fingerprint density at radius 3 is 2.31 bits per heavy atom. The van der Waals surface area contributed by atoms with Gasteiger partial charge in [0.15, 0.2) is 8.32 Å². The van der Waals surface area contributed by atoms with E-state index in [-0.39, 0.29) is 5.04 Å². The van der Waals surface area contributed by atoms with Gasteiger partial charge in [0.2, 0.25) is 0 Å². The average Bonchev–Trinajstić information content (AvgIpc) is 2.39. The molecule has 1 saturated carbocycles. The molecule has 0 bridgehead atoms. The lowest BCUT2D eigenvalue weighted by molar-refractivity contribution is 0.000451. The summed E-state index contributed by atoms with van der Waals surface area (Å²) in [6, 6.07) is 0. The van der Waals surface area contributed by atoms with Crippen molar-refractivity contribution in [3.8, 4) is 0 Å². The highest BCUT2D eigenvalue weighted by molar-refractivity contribution is 6.74. The van der Waals surface area contributed by atoms with Crippen molar-refractivity contribution in [2.75, 3.05) is 6.61 Å². The third-order valence-electron chi connectivity index (χ3n) is 4.57. The molecule has 1 aliphatic rings. The summed E-state index contributed by atoms with van der Waals surface area (Å²) in [7, 11) is -1.65. The molecule has 2 atom stereocenters. The largest absolute Gasteiger partial charge is 0.416 e. The molecule has 1 N–H and O–H groups in total. The predicted molar refractivity (Wildman–Crippen MR) is 71.1 cm³/mol. The maximum atomic E-state index is 10.2. The van der Waals surface area contributed by atoms with Crippen molar-refractivity contribution >= 4 is 8.32 Å². The molecule has 1 unspecified atom stereocenters. The van der Waals surface area contributed by atoms with Crippen LogP contribution in [0.25, 0.3) is 0 Å². The Kier molecular flexibility index (Phi) is 3.93. The van der Waals surface area contributed by atoms with Crippen molar-refractivity contribution < 1.29 is 9.53 Å². The van der Waals surface area contributed by atoms with Crippen molar-refractivity contribution in [2.24, 2.45) is 5.92 Å². The van der Waals surface area contributed by atoms with Gasteiger partial charge in [-0.3, -0.25) is 0 Å². The first-order valence-electron chi connectivity index (χ1n) is 6.43. The fourth-order valence-corrected chi connectivity index (χ4v) is 3.06. The van der Waals surface area contributed by atoms with Gasteiger partial charge in [0, 0.05) is 12.5 Å². The molecule has 2 nitrogen and oxygen atoms in total. The van der Waals surface area contributed by atoms with Gasteiger partial charge in [-0.1, -0.05) is 27.2 Å². The molecule has 0 saturated heterocycles. The third-order valence-corrected chi connectivity index (χ3v) is 9.07. The van der Waals surface area contributed by atoms with Crippen LogP contribution in [-0.4, -0.2) is 25.6 Å². The van der Waals surface area contributed by atoms with Crippen LogP contribution < -0.4 is 0 Å². The Labute approximate surface area is 102 Å². The van der Waals surface area contributed by atoms with Crippen LogP contribution in [0.5, 0.6) is 0 Å². The molecule has 0 aromatic rings. The van der Waals surface area contributed by atoms with Gasteiger partial charge in [-0.2, -0.15) is 0 Å². The Hall–Kier alpha value is 0.137. The first-order chi connectivity index (χ1) is 7.06. The monoisotopic (exact) mass is 244 g/mol. The van der Waals surface area contributed by atoms with Crippen LogP contribution in [0.15, 0.2) is 0 Å². The van der Waals surface area contributed by atoms with E-state index in [0.717, 1.165) is 25.9 Å². The van der Waals surface area contributed by atoms with E-state index >= 15 is 0 Å². The zero-order valence-corrected chi connectivity index (χ0v) is 12.8. The minimum atomic E-state index is -1.65. The van der Waals surface area contributed by atoms with E-state index in [9.17, 15) is 5.11 Å². The van der Waals surface area contributed by atoms with Crippen molar-refractivity contribution in [1.82, 2.24) is 0 Å². The lowest BCUT2D eigenvalue weighted by Gasteiger charge is -2.38. The van der Waals surface area contributed by atoms with Crippen LogP contribution in [-0.2, 0) is 4.43 Å². The second kappa shape index (κ2) is 4.43. The molecule has 0 spiro atoms. The van der Waals surface area contributed by atoms with E-state index in [4.69, 9.17) is 4.43 Å². The highest BCUT2D eigenvalue weighted by Gasteiger charge is 2.41. The Bertz CT molecular complexity index is 241. The second-order valence-electron chi connectivity index (χ2n) is 7.02. The van der Waals surface area contributed by atoms with E-state index in [1.165, 1.54) is 0 Å². The standard InChI is InChI=1S/C13H28O2Si/c1-12(2,3)16(5,6)15-10-11-8-7-9-13(11,4)14/h11,14H,7-10H2,1-6H3/t11?,13-/m0/s1. The van der Waals surface area contributed by atoms with Gasteiger partial charge in [-0.15, -0.1) is 0 Å². The average molecular weight is 244 g/mol. The molecular weight excluding hydrogens is 216 g/mol. The fourth-order valence-electron chi connectivity index (χ4n) is 2.01. The maximum Gasteiger partial charge on any atom is 0.191 e. The summed E-state index contributed by atoms with van der Waals surface area (Å²) >= 11 is 0. The summed E-state index contributed by atoms with van der Waals surface area (Å²) in [4.78, 5) is 0. The van der Waals surface area contributed by atoms with Gasteiger partial charge < -0.3 is 9.53 Å². The lowest BCUT2D eigenvalue weighted by atomic mass is 9.94. The molecule has 0 amide bonds. The summed E-state index contributed by atoms with van der Waals surface area (Å²) in [6.07, 6.45) is 3.18. The number of rotatable bonds is 3. The van der Waals surface area contributed by atoms with Crippen LogP contribution in [0.1, 0.15) is 47.0 Å². The molecule has 0 aromatic carbocycles. The zero-order chi connectivity index (χ0) is 12.6. The van der Waals surface area contributed by atoms with Crippen LogP contribution in [0.3, 0.4) is 0 Å². The third kappa shape index (κ3) is 3.08. The predicted octanol–water partition coefficient (Wildman–Crippen LogP) is 3.56.